The molecule has 0 aliphatic rings. The molecule has 2 aromatic rings. The van der Waals surface area contributed by atoms with Crippen LogP contribution >= 0.6 is 0 Å². The van der Waals surface area contributed by atoms with Crippen LogP contribution in [0.15, 0.2) is 28.7 Å². The Balaban J connectivity index is 2.24. The second-order valence-electron chi connectivity index (χ2n) is 4.60. The van der Waals surface area contributed by atoms with E-state index in [2.05, 4.69) is 10.2 Å². The van der Waals surface area contributed by atoms with Crippen molar-refractivity contribution in [3.63, 3.8) is 0 Å². The molecule has 1 amide bonds. The Labute approximate surface area is 128 Å². The van der Waals surface area contributed by atoms with E-state index in [0.29, 0.717) is 18.4 Å². The molecule has 7 nitrogen and oxygen atoms in total. The van der Waals surface area contributed by atoms with Gasteiger partial charge in [0.2, 0.25) is 11.8 Å². The van der Waals surface area contributed by atoms with Crippen molar-refractivity contribution in [2.75, 3.05) is 20.8 Å². The first-order valence-corrected chi connectivity index (χ1v) is 6.90. The summed E-state index contributed by atoms with van der Waals surface area (Å²) in [5.74, 6) is 0.672. The molecule has 1 unspecified atom stereocenters. The van der Waals surface area contributed by atoms with Gasteiger partial charge in [-0.3, -0.25) is 9.63 Å². The first-order valence-electron chi connectivity index (χ1n) is 6.90. The summed E-state index contributed by atoms with van der Waals surface area (Å²) < 4.78 is 10.9. The van der Waals surface area contributed by atoms with E-state index in [4.69, 9.17) is 14.0 Å². The standard InChI is InChI=1S/C15H19N3O4/c1-5-21-13(15(19)18(3)20-4)11-6-8-12(9-7-11)14-17-16-10(2)22-14/h6-9,13H,5H2,1-4H3. The second kappa shape index (κ2) is 7.15. The number of hydrogen-bond donors (Lipinski definition) is 0. The van der Waals surface area contributed by atoms with Crippen molar-refractivity contribution in [3.8, 4) is 11.5 Å². The number of likely N-dealkylation sites (N-methyl/N-ethyl adjacent to an activating group) is 1. The molecule has 2 rings (SSSR count). The third kappa shape index (κ3) is 3.49. The largest absolute Gasteiger partial charge is 0.421 e. The van der Waals surface area contributed by atoms with Gasteiger partial charge in [0, 0.05) is 26.1 Å². The van der Waals surface area contributed by atoms with E-state index in [1.54, 1.807) is 26.1 Å². The summed E-state index contributed by atoms with van der Waals surface area (Å²) in [7, 11) is 2.98. The van der Waals surface area contributed by atoms with Crippen molar-refractivity contribution in [2.45, 2.75) is 20.0 Å². The van der Waals surface area contributed by atoms with Crippen molar-refractivity contribution in [1.82, 2.24) is 15.3 Å². The monoisotopic (exact) mass is 305 g/mol. The quantitative estimate of drug-likeness (QED) is 0.761. The Morgan fingerprint density at radius 2 is 2.00 bits per heavy atom. The minimum Gasteiger partial charge on any atom is -0.421 e. The lowest BCUT2D eigenvalue weighted by Crippen LogP contribution is -2.32. The summed E-state index contributed by atoms with van der Waals surface area (Å²) in [6, 6.07) is 7.23. The molecule has 1 aromatic heterocycles. The van der Waals surface area contributed by atoms with Crippen LogP contribution in [0.25, 0.3) is 11.5 Å². The summed E-state index contributed by atoms with van der Waals surface area (Å²) in [5.41, 5.74) is 1.52. The average molecular weight is 305 g/mol. The number of benzene rings is 1. The van der Waals surface area contributed by atoms with Crippen LogP contribution in [-0.2, 0) is 14.4 Å². The highest BCUT2D eigenvalue weighted by molar-refractivity contribution is 5.81. The fourth-order valence-corrected chi connectivity index (χ4v) is 1.95. The number of nitrogens with zero attached hydrogens (tertiary/aromatic N) is 3. The molecule has 0 radical (unpaired) electrons. The third-order valence-corrected chi connectivity index (χ3v) is 3.13. The summed E-state index contributed by atoms with van der Waals surface area (Å²) in [4.78, 5) is 17.2. The van der Waals surface area contributed by atoms with Crippen molar-refractivity contribution in [1.29, 1.82) is 0 Å². The number of carbonyl (C=O) groups excluding carboxylic acids is 1. The van der Waals surface area contributed by atoms with Gasteiger partial charge < -0.3 is 9.15 Å². The molecule has 0 aliphatic heterocycles. The summed E-state index contributed by atoms with van der Waals surface area (Å²) in [5, 5.41) is 8.90. The Hall–Kier alpha value is -2.25. The van der Waals surface area contributed by atoms with Crippen molar-refractivity contribution < 1.29 is 18.8 Å². The lowest BCUT2D eigenvalue weighted by Gasteiger charge is -2.22. The van der Waals surface area contributed by atoms with Gasteiger partial charge in [0.15, 0.2) is 6.10 Å². The molecular formula is C15H19N3O4. The van der Waals surface area contributed by atoms with E-state index in [1.165, 1.54) is 7.11 Å². The maximum atomic E-state index is 12.3. The minimum atomic E-state index is -0.714. The van der Waals surface area contributed by atoms with Crippen LogP contribution in [0.1, 0.15) is 24.5 Å². The number of ether oxygens (including phenoxy) is 1. The molecule has 0 saturated heterocycles. The van der Waals surface area contributed by atoms with Crippen LogP contribution in [0, 0.1) is 6.92 Å². The van der Waals surface area contributed by atoms with E-state index < -0.39 is 6.10 Å². The highest BCUT2D eigenvalue weighted by Gasteiger charge is 2.24. The number of carbonyl (C=O) groups is 1. The lowest BCUT2D eigenvalue weighted by molar-refractivity contribution is -0.181. The van der Waals surface area contributed by atoms with E-state index in [9.17, 15) is 4.79 Å². The summed E-state index contributed by atoms with van der Waals surface area (Å²) in [6.45, 7) is 3.98. The molecule has 7 heteroatoms. The predicted molar refractivity (Wildman–Crippen MR) is 78.6 cm³/mol. The van der Waals surface area contributed by atoms with Crippen LogP contribution < -0.4 is 0 Å². The number of rotatable bonds is 6. The predicted octanol–water partition coefficient (Wildman–Crippen LogP) is 2.14. The molecular weight excluding hydrogens is 286 g/mol. The Bertz CT molecular complexity index is 624. The number of aryl methyl sites for hydroxylation is 1. The van der Waals surface area contributed by atoms with Gasteiger partial charge in [-0.2, -0.15) is 0 Å². The maximum absolute atomic E-state index is 12.3. The minimum absolute atomic E-state index is 0.272. The fraction of sp³-hybridized carbons (Fsp3) is 0.400. The third-order valence-electron chi connectivity index (χ3n) is 3.13. The molecule has 0 aliphatic carbocycles. The highest BCUT2D eigenvalue weighted by Crippen LogP contribution is 2.24. The first kappa shape index (κ1) is 16.1. The maximum Gasteiger partial charge on any atom is 0.279 e. The van der Waals surface area contributed by atoms with Crippen LogP contribution in [0.5, 0.6) is 0 Å². The van der Waals surface area contributed by atoms with Gasteiger partial charge in [-0.05, 0) is 24.6 Å². The van der Waals surface area contributed by atoms with Crippen molar-refractivity contribution >= 4 is 5.91 Å². The molecule has 1 atom stereocenters. The number of aromatic nitrogens is 2. The van der Waals surface area contributed by atoms with E-state index in [1.807, 2.05) is 19.1 Å². The molecule has 0 saturated carbocycles. The van der Waals surface area contributed by atoms with Gasteiger partial charge >= 0.3 is 0 Å². The molecule has 1 heterocycles. The molecule has 0 spiro atoms. The molecule has 1 aromatic carbocycles. The zero-order valence-electron chi connectivity index (χ0n) is 13.1. The van der Waals surface area contributed by atoms with Gasteiger partial charge in [0.25, 0.3) is 5.91 Å². The smallest absolute Gasteiger partial charge is 0.279 e. The average Bonchev–Trinajstić information content (AvgIpc) is 2.98. The van der Waals surface area contributed by atoms with Crippen molar-refractivity contribution in [3.05, 3.63) is 35.7 Å². The summed E-state index contributed by atoms with van der Waals surface area (Å²) >= 11 is 0. The van der Waals surface area contributed by atoms with Crippen LogP contribution in [0.2, 0.25) is 0 Å². The van der Waals surface area contributed by atoms with Crippen LogP contribution in [0.4, 0.5) is 0 Å². The van der Waals surface area contributed by atoms with Gasteiger partial charge in [-0.1, -0.05) is 12.1 Å². The Kier molecular flexibility index (Phi) is 5.24. The Morgan fingerprint density at radius 3 is 2.50 bits per heavy atom. The lowest BCUT2D eigenvalue weighted by atomic mass is 10.1. The Morgan fingerprint density at radius 1 is 1.32 bits per heavy atom. The normalized spacial score (nSPS) is 12.2. The van der Waals surface area contributed by atoms with E-state index in [-0.39, 0.29) is 5.91 Å². The van der Waals surface area contributed by atoms with Gasteiger partial charge in [-0.25, -0.2) is 5.06 Å². The van der Waals surface area contributed by atoms with Gasteiger partial charge in [0.05, 0.1) is 7.11 Å². The summed E-state index contributed by atoms with van der Waals surface area (Å²) in [6.07, 6.45) is -0.714. The molecule has 0 fully saturated rings. The van der Waals surface area contributed by atoms with E-state index >= 15 is 0 Å². The first-order chi connectivity index (χ1) is 10.6. The molecule has 118 valence electrons. The molecule has 0 N–H and O–H groups in total. The SMILES string of the molecule is CCOC(C(=O)N(C)OC)c1ccc(-c2nnc(C)o2)cc1. The topological polar surface area (TPSA) is 77.7 Å². The van der Waals surface area contributed by atoms with Gasteiger partial charge in [0.1, 0.15) is 0 Å². The number of hydrogen-bond acceptors (Lipinski definition) is 6. The molecule has 0 bridgehead atoms. The highest BCUT2D eigenvalue weighted by atomic mass is 16.7. The fourth-order valence-electron chi connectivity index (χ4n) is 1.95. The van der Waals surface area contributed by atoms with Crippen molar-refractivity contribution in [2.24, 2.45) is 0 Å². The van der Waals surface area contributed by atoms with Crippen LogP contribution in [0.3, 0.4) is 0 Å². The van der Waals surface area contributed by atoms with Crippen LogP contribution in [-0.4, -0.2) is 41.9 Å². The van der Waals surface area contributed by atoms with Gasteiger partial charge in [-0.15, -0.1) is 10.2 Å². The zero-order chi connectivity index (χ0) is 16.1. The second-order valence-corrected chi connectivity index (χ2v) is 4.60. The zero-order valence-corrected chi connectivity index (χ0v) is 13.1. The number of amides is 1. The van der Waals surface area contributed by atoms with E-state index in [0.717, 1.165) is 16.2 Å². The number of hydroxylamine groups is 2. The molecule has 22 heavy (non-hydrogen) atoms.